The summed E-state index contributed by atoms with van der Waals surface area (Å²) < 4.78 is 18.7. The van der Waals surface area contributed by atoms with Crippen molar-refractivity contribution in [3.8, 4) is 0 Å². The Hall–Kier alpha value is -3.37. The van der Waals surface area contributed by atoms with Crippen molar-refractivity contribution in [1.29, 1.82) is 0 Å². The lowest BCUT2D eigenvalue weighted by molar-refractivity contribution is -0.402. The molecule has 0 amide bonds. The van der Waals surface area contributed by atoms with Crippen molar-refractivity contribution in [2.45, 2.75) is 0 Å². The molecule has 146 valence electrons. The number of aliphatic hydroxyl groups is 2. The first-order valence-corrected chi connectivity index (χ1v) is 8.38. The molecule has 2 aromatic heterocycles. The minimum absolute atomic E-state index is 0.159. The summed E-state index contributed by atoms with van der Waals surface area (Å²) in [5.41, 5.74) is 0.343. The zero-order chi connectivity index (χ0) is 20.1. The van der Waals surface area contributed by atoms with Gasteiger partial charge in [0.15, 0.2) is 5.82 Å². The molecule has 0 saturated carbocycles. The molecule has 0 saturated heterocycles. The Balaban J connectivity index is 2.04. The molecule has 3 aromatic rings. The van der Waals surface area contributed by atoms with Crippen molar-refractivity contribution >= 4 is 34.8 Å². The third-order valence-electron chi connectivity index (χ3n) is 3.88. The molecular weight excluding hydrogens is 371 g/mol. The van der Waals surface area contributed by atoms with Gasteiger partial charge < -0.3 is 19.5 Å². The normalized spacial score (nSPS) is 11.4. The summed E-state index contributed by atoms with van der Waals surface area (Å²) in [5.74, 6) is 0.0217. The summed E-state index contributed by atoms with van der Waals surface area (Å²) in [7, 11) is 0. The van der Waals surface area contributed by atoms with Crippen LogP contribution in [0, 0.1) is 15.9 Å². The number of halogens is 1. The van der Waals surface area contributed by atoms with E-state index >= 15 is 0 Å². The van der Waals surface area contributed by atoms with Crippen LogP contribution in [0.4, 0.5) is 16.1 Å². The van der Waals surface area contributed by atoms with Crippen LogP contribution in [-0.2, 0) is 0 Å². The molecule has 1 aromatic carbocycles. The Bertz CT molecular complexity index is 1010. The van der Waals surface area contributed by atoms with Crippen molar-refractivity contribution in [3.63, 3.8) is 0 Å². The van der Waals surface area contributed by atoms with E-state index in [1.165, 1.54) is 42.5 Å². The first kappa shape index (κ1) is 19.4. The largest absolute Gasteiger partial charge is 0.433 e. The van der Waals surface area contributed by atoms with Crippen molar-refractivity contribution in [3.05, 3.63) is 57.8 Å². The van der Waals surface area contributed by atoms with Gasteiger partial charge >= 0.3 is 5.88 Å². The number of nitro groups is 1. The summed E-state index contributed by atoms with van der Waals surface area (Å²) in [6.07, 6.45) is 2.94. The van der Waals surface area contributed by atoms with Crippen molar-refractivity contribution in [2.75, 3.05) is 31.2 Å². The molecule has 28 heavy (non-hydrogen) atoms. The Kier molecular flexibility index (Phi) is 5.92. The zero-order valence-electron chi connectivity index (χ0n) is 14.7. The molecule has 0 bridgehead atoms. The van der Waals surface area contributed by atoms with E-state index in [4.69, 9.17) is 4.42 Å². The van der Waals surface area contributed by atoms with E-state index in [1.807, 2.05) is 0 Å². The second kappa shape index (κ2) is 8.55. The predicted octanol–water partition coefficient (Wildman–Crippen LogP) is 2.23. The van der Waals surface area contributed by atoms with Crippen molar-refractivity contribution in [2.24, 2.45) is 0 Å². The number of anilines is 1. The fraction of sp³-hybridized carbons (Fsp3) is 0.222. The van der Waals surface area contributed by atoms with E-state index in [1.54, 1.807) is 4.90 Å². The van der Waals surface area contributed by atoms with Crippen LogP contribution in [-0.4, -0.2) is 51.4 Å². The fourth-order valence-electron chi connectivity index (χ4n) is 2.67. The Morgan fingerprint density at radius 1 is 1.14 bits per heavy atom. The lowest BCUT2D eigenvalue weighted by Gasteiger charge is -2.23. The van der Waals surface area contributed by atoms with Crippen LogP contribution >= 0.6 is 0 Å². The maximum Gasteiger partial charge on any atom is 0.433 e. The molecule has 0 aliphatic rings. The molecule has 0 aliphatic heterocycles. The van der Waals surface area contributed by atoms with Gasteiger partial charge in [0.2, 0.25) is 0 Å². The number of aliphatic hydroxyl groups excluding tert-OH is 2. The maximum absolute atomic E-state index is 13.7. The lowest BCUT2D eigenvalue weighted by Crippen LogP contribution is -2.31. The minimum atomic E-state index is -0.646. The van der Waals surface area contributed by atoms with Gasteiger partial charge in [-0.15, -0.1) is 0 Å². The van der Waals surface area contributed by atoms with E-state index in [0.29, 0.717) is 16.7 Å². The molecule has 0 aliphatic carbocycles. The van der Waals surface area contributed by atoms with Gasteiger partial charge in [-0.2, -0.15) is 0 Å². The number of furan rings is 1. The number of hydrogen-bond acceptors (Lipinski definition) is 8. The molecule has 2 heterocycles. The van der Waals surface area contributed by atoms with Gasteiger partial charge in [-0.05, 0) is 30.4 Å². The Morgan fingerprint density at radius 2 is 1.89 bits per heavy atom. The SMILES string of the molecule is O=[N+]([O-])c1ccc(C=Cc2nc(N(CCO)CCO)c3ccc(F)cc3n2)o1. The number of aromatic nitrogens is 2. The third kappa shape index (κ3) is 4.30. The van der Waals surface area contributed by atoms with Crippen LogP contribution in [0.5, 0.6) is 0 Å². The van der Waals surface area contributed by atoms with Crippen LogP contribution < -0.4 is 4.90 Å². The van der Waals surface area contributed by atoms with E-state index in [-0.39, 0.29) is 43.8 Å². The van der Waals surface area contributed by atoms with Crippen LogP contribution in [0.25, 0.3) is 23.1 Å². The van der Waals surface area contributed by atoms with Crippen LogP contribution in [0.15, 0.2) is 34.7 Å². The second-order valence-electron chi connectivity index (χ2n) is 5.77. The summed E-state index contributed by atoms with van der Waals surface area (Å²) in [4.78, 5) is 20.4. The van der Waals surface area contributed by atoms with Gasteiger partial charge in [-0.25, -0.2) is 14.4 Å². The van der Waals surface area contributed by atoms with Gasteiger partial charge in [0.05, 0.1) is 24.8 Å². The number of nitrogens with zero attached hydrogens (tertiary/aromatic N) is 4. The standard InChI is InChI=1S/C18H17FN4O5/c19-12-1-4-14-15(11-12)20-16(21-18(14)22(7-9-24)8-10-25)5-2-13-3-6-17(28-13)23(26)27/h1-6,11,24-25H,7-10H2. The lowest BCUT2D eigenvalue weighted by atomic mass is 10.2. The van der Waals surface area contributed by atoms with E-state index in [9.17, 15) is 24.7 Å². The first-order valence-electron chi connectivity index (χ1n) is 8.38. The second-order valence-corrected chi connectivity index (χ2v) is 5.77. The number of fused-ring (bicyclic) bond motifs is 1. The molecule has 9 nitrogen and oxygen atoms in total. The highest BCUT2D eigenvalue weighted by molar-refractivity contribution is 5.90. The molecule has 2 N–H and O–H groups in total. The van der Waals surface area contributed by atoms with Crippen LogP contribution in [0.2, 0.25) is 0 Å². The Morgan fingerprint density at radius 3 is 2.54 bits per heavy atom. The topological polar surface area (TPSA) is 126 Å². The van der Waals surface area contributed by atoms with Crippen LogP contribution in [0.1, 0.15) is 11.6 Å². The molecule has 0 fully saturated rings. The predicted molar refractivity (Wildman–Crippen MR) is 100 cm³/mol. The molecular formula is C18H17FN4O5. The van der Waals surface area contributed by atoms with Crippen molar-refractivity contribution < 1.29 is 23.9 Å². The minimum Gasteiger partial charge on any atom is -0.401 e. The summed E-state index contributed by atoms with van der Waals surface area (Å²) in [6, 6.07) is 6.73. The summed E-state index contributed by atoms with van der Waals surface area (Å²) in [6.45, 7) is 0.122. The maximum atomic E-state index is 13.7. The molecule has 0 unspecified atom stereocenters. The monoisotopic (exact) mass is 388 g/mol. The molecule has 10 heteroatoms. The quantitative estimate of drug-likeness (QED) is 0.444. The van der Waals surface area contributed by atoms with Gasteiger partial charge in [0.1, 0.15) is 22.3 Å². The summed E-state index contributed by atoms with van der Waals surface area (Å²) >= 11 is 0. The van der Waals surface area contributed by atoms with E-state index in [0.717, 1.165) is 0 Å². The highest BCUT2D eigenvalue weighted by Crippen LogP contribution is 2.25. The van der Waals surface area contributed by atoms with Crippen LogP contribution in [0.3, 0.4) is 0 Å². The van der Waals surface area contributed by atoms with Gasteiger partial charge in [0.25, 0.3) is 0 Å². The van der Waals surface area contributed by atoms with Gasteiger partial charge in [-0.3, -0.25) is 10.1 Å². The van der Waals surface area contributed by atoms with Crippen molar-refractivity contribution in [1.82, 2.24) is 9.97 Å². The van der Waals surface area contributed by atoms with E-state index < -0.39 is 10.7 Å². The van der Waals surface area contributed by atoms with Gasteiger partial charge in [0, 0.05) is 24.5 Å². The smallest absolute Gasteiger partial charge is 0.401 e. The van der Waals surface area contributed by atoms with Gasteiger partial charge in [-0.1, -0.05) is 0 Å². The highest BCUT2D eigenvalue weighted by atomic mass is 19.1. The Labute approximate surface area is 158 Å². The molecule has 0 spiro atoms. The van der Waals surface area contributed by atoms with E-state index in [2.05, 4.69) is 9.97 Å². The fourth-order valence-corrected chi connectivity index (χ4v) is 2.67. The number of hydrogen-bond donors (Lipinski definition) is 2. The highest BCUT2D eigenvalue weighted by Gasteiger charge is 2.15. The number of rotatable bonds is 8. The average molecular weight is 388 g/mol. The number of benzene rings is 1. The summed E-state index contributed by atoms with van der Waals surface area (Å²) in [5, 5.41) is 29.9. The zero-order valence-corrected chi connectivity index (χ0v) is 14.7. The molecule has 3 rings (SSSR count). The third-order valence-corrected chi connectivity index (χ3v) is 3.88. The molecule has 0 radical (unpaired) electrons. The molecule has 0 atom stereocenters. The average Bonchev–Trinajstić information content (AvgIpc) is 3.14. The first-order chi connectivity index (χ1) is 13.5.